The van der Waals surface area contributed by atoms with Crippen molar-refractivity contribution in [2.45, 2.75) is 6.92 Å². The van der Waals surface area contributed by atoms with Crippen molar-refractivity contribution in [3.63, 3.8) is 0 Å². The fourth-order valence-electron chi connectivity index (χ4n) is 0.992. The van der Waals surface area contributed by atoms with Crippen molar-refractivity contribution >= 4 is 23.2 Å². The van der Waals surface area contributed by atoms with E-state index >= 15 is 0 Å². The zero-order valence-corrected chi connectivity index (χ0v) is 9.48. The number of halogens is 2. The Morgan fingerprint density at radius 1 is 1.36 bits per heavy atom. The van der Waals surface area contributed by atoms with Gasteiger partial charge in [-0.05, 0) is 24.6 Å². The van der Waals surface area contributed by atoms with Crippen LogP contribution in [0.2, 0.25) is 5.02 Å². The van der Waals surface area contributed by atoms with Crippen molar-refractivity contribution in [1.29, 1.82) is 0 Å². The number of alkyl halides is 1. The summed E-state index contributed by atoms with van der Waals surface area (Å²) in [5.41, 5.74) is 1.12. The molecule has 0 saturated heterocycles. The van der Waals surface area contributed by atoms with Crippen LogP contribution < -0.4 is 4.74 Å². The fourth-order valence-corrected chi connectivity index (χ4v) is 1.41. The second-order valence-corrected chi connectivity index (χ2v) is 3.59. The van der Waals surface area contributed by atoms with Crippen molar-refractivity contribution < 1.29 is 4.74 Å². The van der Waals surface area contributed by atoms with Gasteiger partial charge in [0, 0.05) is 5.88 Å². The standard InChI is InChI=1S/C11H12Cl2O/c1-9-4-5-11(10(13)8-9)14-7-3-2-6-12/h2-5,8H,6-7H2,1H3. The second kappa shape index (κ2) is 5.94. The summed E-state index contributed by atoms with van der Waals surface area (Å²) in [5, 5.41) is 0.643. The summed E-state index contributed by atoms with van der Waals surface area (Å²) in [5.74, 6) is 1.21. The molecule has 0 N–H and O–H groups in total. The number of hydrogen-bond donors (Lipinski definition) is 0. The molecule has 0 aliphatic rings. The predicted octanol–water partition coefficient (Wildman–Crippen LogP) is 3.82. The molecular formula is C11H12Cl2O. The van der Waals surface area contributed by atoms with Gasteiger partial charge in [-0.1, -0.05) is 29.8 Å². The van der Waals surface area contributed by atoms with Crippen LogP contribution in [0.5, 0.6) is 5.75 Å². The van der Waals surface area contributed by atoms with E-state index in [4.69, 9.17) is 27.9 Å². The Bertz CT molecular complexity index is 321. The van der Waals surface area contributed by atoms with E-state index in [1.165, 1.54) is 0 Å². The number of benzene rings is 1. The molecule has 1 aromatic rings. The van der Waals surface area contributed by atoms with Crippen molar-refractivity contribution in [1.82, 2.24) is 0 Å². The first kappa shape index (κ1) is 11.4. The Kier molecular flexibility index (Phi) is 4.85. The summed E-state index contributed by atoms with van der Waals surface area (Å²) < 4.78 is 5.42. The zero-order chi connectivity index (χ0) is 10.4. The number of ether oxygens (including phenoxy) is 1. The minimum Gasteiger partial charge on any atom is -0.488 e. The maximum Gasteiger partial charge on any atom is 0.138 e. The van der Waals surface area contributed by atoms with Crippen LogP contribution in [0.3, 0.4) is 0 Å². The lowest BCUT2D eigenvalue weighted by Gasteiger charge is -2.05. The van der Waals surface area contributed by atoms with Crippen LogP contribution in [-0.4, -0.2) is 12.5 Å². The molecule has 0 saturated carbocycles. The van der Waals surface area contributed by atoms with Crippen molar-refractivity contribution in [3.05, 3.63) is 40.9 Å². The number of rotatable bonds is 4. The Labute approximate surface area is 94.3 Å². The summed E-state index contributed by atoms with van der Waals surface area (Å²) in [6.45, 7) is 2.48. The van der Waals surface area contributed by atoms with E-state index in [2.05, 4.69) is 0 Å². The first-order valence-corrected chi connectivity index (χ1v) is 5.25. The molecule has 0 bridgehead atoms. The van der Waals surface area contributed by atoms with Crippen LogP contribution >= 0.6 is 23.2 Å². The van der Waals surface area contributed by atoms with E-state index in [0.29, 0.717) is 23.3 Å². The van der Waals surface area contributed by atoms with E-state index in [9.17, 15) is 0 Å². The molecule has 0 fully saturated rings. The quantitative estimate of drug-likeness (QED) is 0.565. The van der Waals surface area contributed by atoms with Gasteiger partial charge in [0.25, 0.3) is 0 Å². The first-order valence-electron chi connectivity index (χ1n) is 4.34. The van der Waals surface area contributed by atoms with Gasteiger partial charge < -0.3 is 4.74 Å². The maximum absolute atomic E-state index is 5.97. The molecule has 0 heterocycles. The predicted molar refractivity (Wildman–Crippen MR) is 61.5 cm³/mol. The molecule has 76 valence electrons. The van der Waals surface area contributed by atoms with Gasteiger partial charge in [-0.25, -0.2) is 0 Å². The molecule has 0 aliphatic carbocycles. The van der Waals surface area contributed by atoms with E-state index < -0.39 is 0 Å². The molecule has 14 heavy (non-hydrogen) atoms. The highest BCUT2D eigenvalue weighted by molar-refractivity contribution is 6.32. The lowest BCUT2D eigenvalue weighted by molar-refractivity contribution is 0.363. The highest BCUT2D eigenvalue weighted by atomic mass is 35.5. The Balaban J connectivity index is 2.55. The summed E-state index contributed by atoms with van der Waals surface area (Å²) in [4.78, 5) is 0. The SMILES string of the molecule is Cc1ccc(OCC=CCCl)c(Cl)c1. The zero-order valence-electron chi connectivity index (χ0n) is 7.97. The number of allylic oxidation sites excluding steroid dienone is 1. The Hall–Kier alpha value is -0.660. The molecule has 1 nitrogen and oxygen atoms in total. The van der Waals surface area contributed by atoms with Crippen molar-refractivity contribution in [3.8, 4) is 5.75 Å². The minimum absolute atomic E-state index is 0.496. The highest BCUT2D eigenvalue weighted by Crippen LogP contribution is 2.24. The third kappa shape index (κ3) is 3.60. The molecular weight excluding hydrogens is 219 g/mol. The molecule has 3 heteroatoms. The molecule has 0 unspecified atom stereocenters. The molecule has 1 rings (SSSR count). The van der Waals surface area contributed by atoms with E-state index in [-0.39, 0.29) is 0 Å². The summed E-state index contributed by atoms with van der Waals surface area (Å²) in [6.07, 6.45) is 3.70. The van der Waals surface area contributed by atoms with Crippen LogP contribution in [0.4, 0.5) is 0 Å². The summed E-state index contributed by atoms with van der Waals surface area (Å²) in [6, 6.07) is 5.71. The van der Waals surface area contributed by atoms with Gasteiger partial charge in [0.2, 0.25) is 0 Å². The molecule has 0 atom stereocenters. The minimum atomic E-state index is 0.496. The van der Waals surface area contributed by atoms with Gasteiger partial charge in [-0.3, -0.25) is 0 Å². The molecule has 0 spiro atoms. The second-order valence-electron chi connectivity index (χ2n) is 2.87. The third-order valence-corrected chi connectivity index (χ3v) is 2.15. The fraction of sp³-hybridized carbons (Fsp3) is 0.273. The molecule has 0 aromatic heterocycles. The average molecular weight is 231 g/mol. The van der Waals surface area contributed by atoms with Crippen LogP contribution in [-0.2, 0) is 0 Å². The molecule has 0 radical (unpaired) electrons. The molecule has 1 aromatic carbocycles. The van der Waals surface area contributed by atoms with E-state index in [1.54, 1.807) is 0 Å². The van der Waals surface area contributed by atoms with E-state index in [0.717, 1.165) is 5.56 Å². The van der Waals surface area contributed by atoms with Gasteiger partial charge in [-0.2, -0.15) is 0 Å². The first-order chi connectivity index (χ1) is 6.74. The topological polar surface area (TPSA) is 9.23 Å². The van der Waals surface area contributed by atoms with Gasteiger partial charge in [0.1, 0.15) is 12.4 Å². The van der Waals surface area contributed by atoms with Gasteiger partial charge in [0.05, 0.1) is 5.02 Å². The molecule has 0 aliphatic heterocycles. The van der Waals surface area contributed by atoms with Gasteiger partial charge in [0.15, 0.2) is 0 Å². The molecule has 0 amide bonds. The lowest BCUT2D eigenvalue weighted by Crippen LogP contribution is -1.94. The van der Waals surface area contributed by atoms with Gasteiger partial charge >= 0.3 is 0 Å². The number of aryl methyl sites for hydroxylation is 1. The maximum atomic E-state index is 5.97. The largest absolute Gasteiger partial charge is 0.488 e. The van der Waals surface area contributed by atoms with Gasteiger partial charge in [-0.15, -0.1) is 11.6 Å². The normalized spacial score (nSPS) is 10.8. The Morgan fingerprint density at radius 3 is 2.79 bits per heavy atom. The number of hydrogen-bond acceptors (Lipinski definition) is 1. The smallest absolute Gasteiger partial charge is 0.138 e. The van der Waals surface area contributed by atoms with Crippen LogP contribution in [0.25, 0.3) is 0 Å². The van der Waals surface area contributed by atoms with Crippen LogP contribution in [0, 0.1) is 6.92 Å². The third-order valence-electron chi connectivity index (χ3n) is 1.68. The van der Waals surface area contributed by atoms with Crippen molar-refractivity contribution in [2.75, 3.05) is 12.5 Å². The lowest BCUT2D eigenvalue weighted by atomic mass is 10.2. The van der Waals surface area contributed by atoms with Crippen LogP contribution in [0.15, 0.2) is 30.4 Å². The monoisotopic (exact) mass is 230 g/mol. The van der Waals surface area contributed by atoms with Crippen LogP contribution in [0.1, 0.15) is 5.56 Å². The van der Waals surface area contributed by atoms with E-state index in [1.807, 2.05) is 37.3 Å². The summed E-state index contributed by atoms with van der Waals surface area (Å²) in [7, 11) is 0. The Morgan fingerprint density at radius 2 is 2.14 bits per heavy atom. The highest BCUT2D eigenvalue weighted by Gasteiger charge is 1.99. The van der Waals surface area contributed by atoms with Crippen molar-refractivity contribution in [2.24, 2.45) is 0 Å². The average Bonchev–Trinajstić information content (AvgIpc) is 2.15. The summed E-state index contributed by atoms with van der Waals surface area (Å²) >= 11 is 11.4.